The number of carboxylic acids is 1. The molecule has 0 radical (unpaired) electrons. The van der Waals surface area contributed by atoms with E-state index in [4.69, 9.17) is 5.11 Å². The molecule has 2 fully saturated rings. The van der Waals surface area contributed by atoms with Crippen LogP contribution in [-0.2, 0) is 4.79 Å². The van der Waals surface area contributed by atoms with E-state index in [9.17, 15) is 9.59 Å². The molecule has 1 aliphatic carbocycles. The van der Waals surface area contributed by atoms with Crippen LogP contribution >= 0.6 is 0 Å². The molecule has 1 saturated heterocycles. The lowest BCUT2D eigenvalue weighted by Gasteiger charge is -2.28. The van der Waals surface area contributed by atoms with E-state index in [0.717, 1.165) is 58.0 Å². The third-order valence-electron chi connectivity index (χ3n) is 5.51. The molecule has 1 aromatic heterocycles. The molecule has 7 heteroatoms. The van der Waals surface area contributed by atoms with Crippen molar-refractivity contribution in [2.75, 3.05) is 13.1 Å². The van der Waals surface area contributed by atoms with Crippen LogP contribution in [0.5, 0.6) is 0 Å². The molecule has 1 aliphatic heterocycles. The topological polar surface area (TPSA) is 96.3 Å². The average Bonchev–Trinajstić information content (AvgIpc) is 3.12. The highest BCUT2D eigenvalue weighted by atomic mass is 16.4. The molecule has 3 N–H and O–H groups in total. The molecule has 1 amide bonds. The van der Waals surface area contributed by atoms with Gasteiger partial charge in [-0.1, -0.05) is 0 Å². The van der Waals surface area contributed by atoms with Gasteiger partial charge in [0.15, 0.2) is 0 Å². The van der Waals surface area contributed by atoms with Gasteiger partial charge in [0.25, 0.3) is 5.91 Å². The van der Waals surface area contributed by atoms with Gasteiger partial charge in [-0.2, -0.15) is 0 Å². The predicted octanol–water partition coefficient (Wildman–Crippen LogP) is 1.96. The minimum Gasteiger partial charge on any atom is -0.481 e. The monoisotopic (exact) mass is 348 g/mol. The van der Waals surface area contributed by atoms with Crippen LogP contribution < -0.4 is 10.6 Å². The van der Waals surface area contributed by atoms with Gasteiger partial charge < -0.3 is 20.3 Å². The molecule has 0 unspecified atom stereocenters. The lowest BCUT2D eigenvalue weighted by atomic mass is 9.83. The summed E-state index contributed by atoms with van der Waals surface area (Å²) in [4.78, 5) is 27.4. The largest absolute Gasteiger partial charge is 0.481 e. The SMILES string of the molecule is O=C(O)CCC1CCC(NC(=O)c2cn(C3CCNCC3)cn2)CC1. The molecule has 3 rings (SSSR count). The number of aliphatic carboxylic acids is 1. The number of carbonyl (C=O) groups excluding carboxylic acids is 1. The third kappa shape index (κ3) is 5.04. The molecule has 1 aromatic rings. The van der Waals surface area contributed by atoms with Crippen molar-refractivity contribution in [1.82, 2.24) is 20.2 Å². The Bertz CT molecular complexity index is 587. The smallest absolute Gasteiger partial charge is 0.303 e. The zero-order valence-electron chi connectivity index (χ0n) is 14.6. The van der Waals surface area contributed by atoms with E-state index in [2.05, 4.69) is 20.2 Å². The van der Waals surface area contributed by atoms with E-state index >= 15 is 0 Å². The van der Waals surface area contributed by atoms with Crippen molar-refractivity contribution in [3.05, 3.63) is 18.2 Å². The highest BCUT2D eigenvalue weighted by Gasteiger charge is 2.24. The van der Waals surface area contributed by atoms with Gasteiger partial charge in [-0.3, -0.25) is 9.59 Å². The van der Waals surface area contributed by atoms with Gasteiger partial charge in [-0.05, 0) is 64.0 Å². The average molecular weight is 348 g/mol. The molecule has 0 bridgehead atoms. The minimum absolute atomic E-state index is 0.0957. The van der Waals surface area contributed by atoms with Crippen LogP contribution in [0.3, 0.4) is 0 Å². The number of aromatic nitrogens is 2. The first-order chi connectivity index (χ1) is 12.1. The molecule has 2 aliphatic rings. The van der Waals surface area contributed by atoms with Crippen molar-refractivity contribution in [1.29, 1.82) is 0 Å². The second-order valence-electron chi connectivity index (χ2n) is 7.31. The van der Waals surface area contributed by atoms with Gasteiger partial charge >= 0.3 is 5.97 Å². The van der Waals surface area contributed by atoms with E-state index in [1.165, 1.54) is 0 Å². The fourth-order valence-corrected chi connectivity index (χ4v) is 3.94. The van der Waals surface area contributed by atoms with Crippen molar-refractivity contribution < 1.29 is 14.7 Å². The number of nitrogens with one attached hydrogen (secondary N) is 2. The Balaban J connectivity index is 1.45. The Morgan fingerprint density at radius 1 is 1.20 bits per heavy atom. The van der Waals surface area contributed by atoms with Crippen LogP contribution in [-0.4, -0.2) is 45.7 Å². The van der Waals surface area contributed by atoms with E-state index < -0.39 is 5.97 Å². The first kappa shape index (κ1) is 17.9. The summed E-state index contributed by atoms with van der Waals surface area (Å²) in [5, 5.41) is 15.2. The second kappa shape index (κ2) is 8.47. The maximum Gasteiger partial charge on any atom is 0.303 e. The molecule has 7 nitrogen and oxygen atoms in total. The van der Waals surface area contributed by atoms with Gasteiger partial charge in [-0.25, -0.2) is 4.98 Å². The van der Waals surface area contributed by atoms with E-state index in [0.29, 0.717) is 17.7 Å². The normalized spacial score (nSPS) is 24.8. The number of rotatable bonds is 6. The van der Waals surface area contributed by atoms with Crippen molar-refractivity contribution in [2.45, 2.75) is 63.5 Å². The molecule has 25 heavy (non-hydrogen) atoms. The first-order valence-electron chi connectivity index (χ1n) is 9.38. The zero-order chi connectivity index (χ0) is 17.6. The Kier molecular flexibility index (Phi) is 6.07. The van der Waals surface area contributed by atoms with Gasteiger partial charge in [0.1, 0.15) is 5.69 Å². The number of amides is 1. The zero-order valence-corrected chi connectivity index (χ0v) is 14.6. The standard InChI is InChI=1S/C18H28N4O3/c23-17(24)6-3-13-1-4-14(5-2-13)21-18(25)16-11-22(12-20-16)15-7-9-19-10-8-15/h11-15,19H,1-10H2,(H,21,25)(H,23,24). The molecular weight excluding hydrogens is 320 g/mol. The number of piperidine rings is 1. The summed E-state index contributed by atoms with van der Waals surface area (Å²) in [6, 6.07) is 0.609. The maximum absolute atomic E-state index is 12.4. The van der Waals surface area contributed by atoms with Crippen LogP contribution in [0.15, 0.2) is 12.5 Å². The van der Waals surface area contributed by atoms with E-state index in [-0.39, 0.29) is 18.4 Å². The molecule has 0 atom stereocenters. The highest BCUT2D eigenvalue weighted by Crippen LogP contribution is 2.28. The van der Waals surface area contributed by atoms with Crippen LogP contribution in [0.2, 0.25) is 0 Å². The summed E-state index contributed by atoms with van der Waals surface area (Å²) in [6.45, 7) is 2.02. The lowest BCUT2D eigenvalue weighted by Crippen LogP contribution is -2.37. The number of carboxylic acid groups (broad SMARTS) is 1. The Morgan fingerprint density at radius 3 is 2.60 bits per heavy atom. The van der Waals surface area contributed by atoms with E-state index in [1.807, 2.05) is 6.20 Å². The van der Waals surface area contributed by atoms with Crippen LogP contribution in [0, 0.1) is 5.92 Å². The summed E-state index contributed by atoms with van der Waals surface area (Å²) in [6.07, 6.45) is 10.6. The van der Waals surface area contributed by atoms with E-state index in [1.54, 1.807) is 6.33 Å². The van der Waals surface area contributed by atoms with Crippen molar-refractivity contribution in [2.24, 2.45) is 5.92 Å². The van der Waals surface area contributed by atoms with Crippen LogP contribution in [0.1, 0.15) is 67.9 Å². The fraction of sp³-hybridized carbons (Fsp3) is 0.722. The number of hydrogen-bond acceptors (Lipinski definition) is 4. The third-order valence-corrected chi connectivity index (χ3v) is 5.51. The summed E-state index contributed by atoms with van der Waals surface area (Å²) in [5.41, 5.74) is 0.492. The van der Waals surface area contributed by atoms with Gasteiger partial charge in [-0.15, -0.1) is 0 Å². The van der Waals surface area contributed by atoms with Crippen LogP contribution in [0.4, 0.5) is 0 Å². The summed E-state index contributed by atoms with van der Waals surface area (Å²) in [7, 11) is 0. The van der Waals surface area contributed by atoms with Gasteiger partial charge in [0, 0.05) is 24.7 Å². The molecule has 138 valence electrons. The summed E-state index contributed by atoms with van der Waals surface area (Å²) in [5.74, 6) is -0.343. The molecule has 0 aromatic carbocycles. The number of imidazole rings is 1. The number of hydrogen-bond donors (Lipinski definition) is 3. The summed E-state index contributed by atoms with van der Waals surface area (Å²) >= 11 is 0. The molecule has 0 spiro atoms. The molecule has 1 saturated carbocycles. The first-order valence-corrected chi connectivity index (χ1v) is 9.38. The van der Waals surface area contributed by atoms with Gasteiger partial charge in [0.2, 0.25) is 0 Å². The maximum atomic E-state index is 12.4. The lowest BCUT2D eigenvalue weighted by molar-refractivity contribution is -0.137. The second-order valence-corrected chi connectivity index (χ2v) is 7.31. The number of carbonyl (C=O) groups is 2. The Labute approximate surface area is 148 Å². The fourth-order valence-electron chi connectivity index (χ4n) is 3.94. The summed E-state index contributed by atoms with van der Waals surface area (Å²) < 4.78 is 2.07. The highest BCUT2D eigenvalue weighted by molar-refractivity contribution is 5.92. The van der Waals surface area contributed by atoms with Crippen molar-refractivity contribution >= 4 is 11.9 Å². The molecular formula is C18H28N4O3. The number of nitrogens with zero attached hydrogens (tertiary/aromatic N) is 2. The predicted molar refractivity (Wildman–Crippen MR) is 93.4 cm³/mol. The Hall–Kier alpha value is -1.89. The Morgan fingerprint density at radius 2 is 1.92 bits per heavy atom. The quantitative estimate of drug-likeness (QED) is 0.730. The van der Waals surface area contributed by atoms with Gasteiger partial charge in [0.05, 0.1) is 6.33 Å². The molecule has 2 heterocycles. The minimum atomic E-state index is -0.722. The van der Waals surface area contributed by atoms with Crippen molar-refractivity contribution in [3.63, 3.8) is 0 Å². The van der Waals surface area contributed by atoms with Crippen LogP contribution in [0.25, 0.3) is 0 Å². The van der Waals surface area contributed by atoms with Crippen molar-refractivity contribution in [3.8, 4) is 0 Å².